The Morgan fingerprint density at radius 2 is 1.89 bits per heavy atom. The lowest BCUT2D eigenvalue weighted by molar-refractivity contribution is -0.111. The van der Waals surface area contributed by atoms with Crippen LogP contribution in [-0.4, -0.2) is 38.8 Å². The van der Waals surface area contributed by atoms with Gasteiger partial charge in [-0.1, -0.05) is 37.6 Å². The molecule has 1 N–H and O–H groups in total. The third-order valence-corrected chi connectivity index (χ3v) is 6.33. The molecule has 0 radical (unpaired) electrons. The number of methoxy groups -OCH3 is 1. The molecule has 2 aromatic carbocycles. The summed E-state index contributed by atoms with van der Waals surface area (Å²) < 4.78 is 32.0. The maximum atomic E-state index is 12.7. The molecule has 0 spiro atoms. The Labute approximate surface area is 170 Å². The van der Waals surface area contributed by atoms with Crippen LogP contribution in [0.25, 0.3) is 6.08 Å². The molecule has 0 aliphatic rings. The number of carbonyl (C=O) groups is 1. The zero-order valence-corrected chi connectivity index (χ0v) is 17.5. The fourth-order valence-corrected chi connectivity index (χ4v) is 4.30. The summed E-state index contributed by atoms with van der Waals surface area (Å²) >= 11 is 5.93. The monoisotopic (exact) mass is 422 g/mol. The van der Waals surface area contributed by atoms with Gasteiger partial charge in [-0.15, -0.1) is 0 Å². The minimum absolute atomic E-state index is 0.0890. The van der Waals surface area contributed by atoms with Gasteiger partial charge in [0.05, 0.1) is 17.7 Å². The standard InChI is InChI=1S/C20H23ClN2O4S/c1-4-23(5-2)28(25,26)17-10-11-19(27-3)18(14-17)22-20(24)12-9-15-7-6-8-16(21)13-15/h6-14H,4-5H2,1-3H3,(H,22,24)/b12-9+. The van der Waals surface area contributed by atoms with Crippen LogP contribution < -0.4 is 10.1 Å². The summed E-state index contributed by atoms with van der Waals surface area (Å²) in [5.74, 6) is -0.0568. The van der Waals surface area contributed by atoms with Crippen molar-refractivity contribution in [1.29, 1.82) is 0 Å². The number of halogens is 1. The number of carbonyl (C=O) groups excluding carboxylic acids is 1. The SMILES string of the molecule is CCN(CC)S(=O)(=O)c1ccc(OC)c(NC(=O)/C=C/c2cccc(Cl)c2)c1. The van der Waals surface area contributed by atoms with Crippen molar-refractivity contribution < 1.29 is 17.9 Å². The van der Waals surface area contributed by atoms with Gasteiger partial charge in [0, 0.05) is 24.2 Å². The maximum absolute atomic E-state index is 12.7. The first kappa shape index (κ1) is 21.9. The fourth-order valence-electron chi connectivity index (χ4n) is 2.61. The average Bonchev–Trinajstić information content (AvgIpc) is 2.67. The first-order valence-electron chi connectivity index (χ1n) is 8.74. The van der Waals surface area contributed by atoms with E-state index < -0.39 is 15.9 Å². The molecule has 0 atom stereocenters. The van der Waals surface area contributed by atoms with E-state index >= 15 is 0 Å². The molecule has 6 nitrogen and oxygen atoms in total. The Morgan fingerprint density at radius 3 is 2.50 bits per heavy atom. The molecule has 2 rings (SSSR count). The molecule has 0 aromatic heterocycles. The van der Waals surface area contributed by atoms with E-state index in [0.717, 1.165) is 5.56 Å². The number of ether oxygens (including phenoxy) is 1. The fraction of sp³-hybridized carbons (Fsp3) is 0.250. The summed E-state index contributed by atoms with van der Waals surface area (Å²) in [6.07, 6.45) is 2.96. The number of hydrogen-bond acceptors (Lipinski definition) is 4. The molecule has 0 saturated carbocycles. The van der Waals surface area contributed by atoms with Crippen LogP contribution in [0.15, 0.2) is 53.4 Å². The van der Waals surface area contributed by atoms with E-state index in [1.807, 2.05) is 6.07 Å². The summed E-state index contributed by atoms with van der Waals surface area (Å²) in [5.41, 5.74) is 1.05. The van der Waals surface area contributed by atoms with Crippen LogP contribution >= 0.6 is 11.6 Å². The number of rotatable bonds is 8. The quantitative estimate of drug-likeness (QED) is 0.651. The molecule has 8 heteroatoms. The minimum atomic E-state index is -3.65. The molecule has 0 heterocycles. The Kier molecular flexibility index (Phi) is 7.62. The Hall–Kier alpha value is -2.35. The summed E-state index contributed by atoms with van der Waals surface area (Å²) in [6.45, 7) is 4.26. The van der Waals surface area contributed by atoms with Gasteiger partial charge in [-0.05, 0) is 42.0 Å². The first-order valence-corrected chi connectivity index (χ1v) is 10.6. The van der Waals surface area contributed by atoms with Crippen LogP contribution in [0.3, 0.4) is 0 Å². The second kappa shape index (κ2) is 9.73. The maximum Gasteiger partial charge on any atom is 0.248 e. The summed E-state index contributed by atoms with van der Waals surface area (Å²) in [6, 6.07) is 11.4. The molecule has 0 unspecified atom stereocenters. The largest absolute Gasteiger partial charge is 0.495 e. The van der Waals surface area contributed by atoms with Crippen molar-refractivity contribution in [2.24, 2.45) is 0 Å². The van der Waals surface area contributed by atoms with Crippen molar-refractivity contribution in [2.45, 2.75) is 18.7 Å². The molecule has 0 aliphatic carbocycles. The third kappa shape index (κ3) is 5.34. The number of nitrogens with one attached hydrogen (secondary N) is 1. The van der Waals surface area contributed by atoms with Gasteiger partial charge >= 0.3 is 0 Å². The Morgan fingerprint density at radius 1 is 1.18 bits per heavy atom. The zero-order chi connectivity index (χ0) is 20.7. The highest BCUT2D eigenvalue weighted by atomic mass is 35.5. The highest BCUT2D eigenvalue weighted by Crippen LogP contribution is 2.29. The number of amides is 1. The average molecular weight is 423 g/mol. The first-order chi connectivity index (χ1) is 13.3. The van der Waals surface area contributed by atoms with Crippen LogP contribution in [0.1, 0.15) is 19.4 Å². The summed E-state index contributed by atoms with van der Waals surface area (Å²) in [4.78, 5) is 12.4. The molecule has 0 saturated heterocycles. The third-order valence-electron chi connectivity index (χ3n) is 4.05. The highest BCUT2D eigenvalue weighted by Gasteiger charge is 2.23. The van der Waals surface area contributed by atoms with Gasteiger partial charge in [0.1, 0.15) is 5.75 Å². The smallest absolute Gasteiger partial charge is 0.248 e. The molecule has 1 amide bonds. The van der Waals surface area contributed by atoms with Crippen molar-refractivity contribution in [3.05, 3.63) is 59.1 Å². The Bertz CT molecular complexity index is 970. The number of hydrogen-bond donors (Lipinski definition) is 1. The van der Waals surface area contributed by atoms with E-state index in [9.17, 15) is 13.2 Å². The second-order valence-electron chi connectivity index (χ2n) is 5.83. The number of sulfonamides is 1. The van der Waals surface area contributed by atoms with E-state index in [-0.39, 0.29) is 10.6 Å². The van der Waals surface area contributed by atoms with Crippen LogP contribution in [-0.2, 0) is 14.8 Å². The topological polar surface area (TPSA) is 75.7 Å². The van der Waals surface area contributed by atoms with Gasteiger partial charge in [0.2, 0.25) is 15.9 Å². The van der Waals surface area contributed by atoms with E-state index in [2.05, 4.69) is 5.32 Å². The van der Waals surface area contributed by atoms with Crippen molar-refractivity contribution in [3.63, 3.8) is 0 Å². The second-order valence-corrected chi connectivity index (χ2v) is 8.20. The van der Waals surface area contributed by atoms with Gasteiger partial charge in [-0.2, -0.15) is 4.31 Å². The predicted molar refractivity (Wildman–Crippen MR) is 112 cm³/mol. The Balaban J connectivity index is 2.28. The van der Waals surface area contributed by atoms with Gasteiger partial charge < -0.3 is 10.1 Å². The number of nitrogens with zero attached hydrogens (tertiary/aromatic N) is 1. The summed E-state index contributed by atoms with van der Waals surface area (Å²) in [5, 5.41) is 3.24. The molecule has 0 bridgehead atoms. The zero-order valence-electron chi connectivity index (χ0n) is 16.0. The molecular weight excluding hydrogens is 400 g/mol. The lowest BCUT2D eigenvalue weighted by Gasteiger charge is -2.19. The van der Waals surface area contributed by atoms with Gasteiger partial charge in [0.25, 0.3) is 0 Å². The normalized spacial score (nSPS) is 11.8. The van der Waals surface area contributed by atoms with Crippen molar-refractivity contribution in [3.8, 4) is 5.75 Å². The molecule has 2 aromatic rings. The van der Waals surface area contributed by atoms with E-state index in [1.165, 1.54) is 35.7 Å². The summed E-state index contributed by atoms with van der Waals surface area (Å²) in [7, 11) is -2.20. The minimum Gasteiger partial charge on any atom is -0.495 e. The highest BCUT2D eigenvalue weighted by molar-refractivity contribution is 7.89. The van der Waals surface area contributed by atoms with E-state index in [4.69, 9.17) is 16.3 Å². The van der Waals surface area contributed by atoms with Gasteiger partial charge in [-0.3, -0.25) is 4.79 Å². The van der Waals surface area contributed by atoms with Gasteiger partial charge in [0.15, 0.2) is 0 Å². The van der Waals surface area contributed by atoms with Crippen LogP contribution in [0.2, 0.25) is 5.02 Å². The number of anilines is 1. The van der Waals surface area contributed by atoms with Crippen molar-refractivity contribution in [2.75, 3.05) is 25.5 Å². The lowest BCUT2D eigenvalue weighted by atomic mass is 10.2. The molecule has 0 aliphatic heterocycles. The van der Waals surface area contributed by atoms with E-state index in [0.29, 0.717) is 23.9 Å². The molecule has 150 valence electrons. The van der Waals surface area contributed by atoms with Crippen molar-refractivity contribution in [1.82, 2.24) is 4.31 Å². The van der Waals surface area contributed by atoms with E-state index in [1.54, 1.807) is 38.1 Å². The number of benzene rings is 2. The van der Waals surface area contributed by atoms with Crippen LogP contribution in [0.5, 0.6) is 5.75 Å². The predicted octanol–water partition coefficient (Wildman–Crippen LogP) is 4.03. The molecular formula is C20H23ClN2O4S. The van der Waals surface area contributed by atoms with Crippen LogP contribution in [0, 0.1) is 0 Å². The molecule has 28 heavy (non-hydrogen) atoms. The van der Waals surface area contributed by atoms with Gasteiger partial charge in [-0.25, -0.2) is 8.42 Å². The lowest BCUT2D eigenvalue weighted by Crippen LogP contribution is -2.30. The van der Waals surface area contributed by atoms with Crippen LogP contribution in [0.4, 0.5) is 5.69 Å². The molecule has 0 fully saturated rings. The van der Waals surface area contributed by atoms with Crippen molar-refractivity contribution >= 4 is 39.3 Å².